The molecular formula is C17H15FN2O2. The zero-order valence-electron chi connectivity index (χ0n) is 12.0. The number of halogens is 1. The predicted octanol–water partition coefficient (Wildman–Crippen LogP) is 3.39. The van der Waals surface area contributed by atoms with Gasteiger partial charge in [0.25, 0.3) is 0 Å². The van der Waals surface area contributed by atoms with E-state index in [1.54, 1.807) is 31.2 Å². The van der Waals surface area contributed by atoms with E-state index in [0.29, 0.717) is 16.8 Å². The summed E-state index contributed by atoms with van der Waals surface area (Å²) in [5.41, 5.74) is 1.68. The molecule has 0 bridgehead atoms. The SMILES string of the molecule is C[C@H](NC(=O)Cc1noc2ccccc12)c1ccccc1F. The van der Waals surface area contributed by atoms with Gasteiger partial charge in [0, 0.05) is 10.9 Å². The van der Waals surface area contributed by atoms with Crippen LogP contribution in [-0.2, 0) is 11.2 Å². The number of para-hydroxylation sites is 1. The van der Waals surface area contributed by atoms with E-state index in [2.05, 4.69) is 10.5 Å². The van der Waals surface area contributed by atoms with Gasteiger partial charge in [-0.3, -0.25) is 4.79 Å². The number of nitrogens with one attached hydrogen (secondary N) is 1. The van der Waals surface area contributed by atoms with Gasteiger partial charge < -0.3 is 9.84 Å². The number of carbonyl (C=O) groups excluding carboxylic acids is 1. The quantitative estimate of drug-likeness (QED) is 0.803. The molecule has 1 aromatic heterocycles. The molecule has 0 fully saturated rings. The van der Waals surface area contributed by atoms with Crippen LogP contribution in [0, 0.1) is 5.82 Å². The minimum absolute atomic E-state index is 0.0931. The Morgan fingerprint density at radius 3 is 2.77 bits per heavy atom. The highest BCUT2D eigenvalue weighted by Gasteiger charge is 2.16. The van der Waals surface area contributed by atoms with Crippen molar-refractivity contribution in [3.8, 4) is 0 Å². The highest BCUT2D eigenvalue weighted by molar-refractivity contribution is 5.86. The number of benzene rings is 2. The Hall–Kier alpha value is -2.69. The van der Waals surface area contributed by atoms with Gasteiger partial charge in [-0.05, 0) is 25.1 Å². The van der Waals surface area contributed by atoms with Crippen LogP contribution >= 0.6 is 0 Å². The first kappa shape index (κ1) is 14.3. The molecule has 0 aliphatic rings. The molecule has 1 amide bonds. The van der Waals surface area contributed by atoms with Crippen molar-refractivity contribution in [2.45, 2.75) is 19.4 Å². The van der Waals surface area contributed by atoms with Crippen LogP contribution in [0.25, 0.3) is 11.0 Å². The van der Waals surface area contributed by atoms with Crippen molar-refractivity contribution < 1.29 is 13.7 Å². The van der Waals surface area contributed by atoms with E-state index < -0.39 is 6.04 Å². The van der Waals surface area contributed by atoms with Crippen LogP contribution in [0.2, 0.25) is 0 Å². The fraction of sp³-hybridized carbons (Fsp3) is 0.176. The van der Waals surface area contributed by atoms with Crippen molar-refractivity contribution in [3.05, 3.63) is 65.6 Å². The molecule has 112 valence electrons. The third-order valence-corrected chi connectivity index (χ3v) is 3.53. The third kappa shape index (κ3) is 2.83. The second-order valence-electron chi connectivity index (χ2n) is 5.11. The lowest BCUT2D eigenvalue weighted by atomic mass is 10.1. The maximum atomic E-state index is 13.7. The summed E-state index contributed by atoms with van der Waals surface area (Å²) in [7, 11) is 0. The van der Waals surface area contributed by atoms with E-state index in [0.717, 1.165) is 5.39 Å². The monoisotopic (exact) mass is 298 g/mol. The lowest BCUT2D eigenvalue weighted by molar-refractivity contribution is -0.121. The fourth-order valence-electron chi connectivity index (χ4n) is 2.41. The minimum atomic E-state index is -0.410. The molecule has 0 aliphatic carbocycles. The van der Waals surface area contributed by atoms with Gasteiger partial charge >= 0.3 is 0 Å². The van der Waals surface area contributed by atoms with E-state index in [1.165, 1.54) is 6.07 Å². The van der Waals surface area contributed by atoms with Crippen molar-refractivity contribution in [2.75, 3.05) is 0 Å². The first-order valence-corrected chi connectivity index (χ1v) is 7.02. The predicted molar refractivity (Wildman–Crippen MR) is 80.7 cm³/mol. The maximum Gasteiger partial charge on any atom is 0.226 e. The Bertz CT molecular complexity index is 813. The summed E-state index contributed by atoms with van der Waals surface area (Å²) in [6.45, 7) is 1.75. The van der Waals surface area contributed by atoms with Crippen molar-refractivity contribution in [1.29, 1.82) is 0 Å². The number of aromatic nitrogens is 1. The average Bonchev–Trinajstić information content (AvgIpc) is 2.91. The van der Waals surface area contributed by atoms with E-state index in [4.69, 9.17) is 4.52 Å². The Morgan fingerprint density at radius 1 is 1.23 bits per heavy atom. The largest absolute Gasteiger partial charge is 0.356 e. The van der Waals surface area contributed by atoms with Crippen LogP contribution < -0.4 is 5.32 Å². The molecule has 0 saturated carbocycles. The smallest absolute Gasteiger partial charge is 0.226 e. The number of carbonyl (C=O) groups is 1. The number of nitrogens with zero attached hydrogens (tertiary/aromatic N) is 1. The van der Waals surface area contributed by atoms with Gasteiger partial charge in [0.15, 0.2) is 5.58 Å². The summed E-state index contributed by atoms with van der Waals surface area (Å²) in [5, 5.41) is 7.52. The van der Waals surface area contributed by atoms with Crippen molar-refractivity contribution in [1.82, 2.24) is 10.5 Å². The molecule has 2 aromatic carbocycles. The molecule has 3 aromatic rings. The van der Waals surface area contributed by atoms with Crippen molar-refractivity contribution in [3.63, 3.8) is 0 Å². The molecule has 3 rings (SSSR count). The fourth-order valence-corrected chi connectivity index (χ4v) is 2.41. The minimum Gasteiger partial charge on any atom is -0.356 e. The Kier molecular flexibility index (Phi) is 3.87. The van der Waals surface area contributed by atoms with Gasteiger partial charge in [0.2, 0.25) is 5.91 Å². The van der Waals surface area contributed by atoms with Gasteiger partial charge in [-0.15, -0.1) is 0 Å². The molecule has 1 heterocycles. The molecule has 4 nitrogen and oxygen atoms in total. The van der Waals surface area contributed by atoms with E-state index in [-0.39, 0.29) is 18.1 Å². The van der Waals surface area contributed by atoms with Crippen LogP contribution in [0.15, 0.2) is 53.1 Å². The van der Waals surface area contributed by atoms with Gasteiger partial charge in [0.05, 0.1) is 12.5 Å². The summed E-state index contributed by atoms with van der Waals surface area (Å²) in [6, 6.07) is 13.4. The summed E-state index contributed by atoms with van der Waals surface area (Å²) in [4.78, 5) is 12.1. The average molecular weight is 298 g/mol. The van der Waals surface area contributed by atoms with Crippen LogP contribution in [0.4, 0.5) is 4.39 Å². The Morgan fingerprint density at radius 2 is 1.95 bits per heavy atom. The summed E-state index contributed by atoms with van der Waals surface area (Å²) in [6.07, 6.45) is 0.0931. The molecule has 0 radical (unpaired) electrons. The normalized spacial score (nSPS) is 12.3. The number of rotatable bonds is 4. The lowest BCUT2D eigenvalue weighted by Gasteiger charge is -2.14. The molecular weight excluding hydrogens is 283 g/mol. The molecule has 0 spiro atoms. The standard InChI is InChI=1S/C17H15FN2O2/c1-11(12-6-2-4-8-14(12)18)19-17(21)10-15-13-7-3-5-9-16(13)22-20-15/h2-9,11H,10H2,1H3,(H,19,21)/t11-/m0/s1. The first-order valence-electron chi connectivity index (χ1n) is 7.02. The molecule has 1 atom stereocenters. The molecule has 22 heavy (non-hydrogen) atoms. The van der Waals surface area contributed by atoms with Crippen LogP contribution in [0.5, 0.6) is 0 Å². The van der Waals surface area contributed by atoms with Gasteiger partial charge in [0.1, 0.15) is 11.5 Å². The Labute approximate surface area is 126 Å². The molecule has 5 heteroatoms. The summed E-state index contributed by atoms with van der Waals surface area (Å²) in [5.74, 6) is -0.558. The Balaban J connectivity index is 1.71. The van der Waals surface area contributed by atoms with Gasteiger partial charge in [-0.1, -0.05) is 35.5 Å². The van der Waals surface area contributed by atoms with Crippen LogP contribution in [-0.4, -0.2) is 11.1 Å². The first-order chi connectivity index (χ1) is 10.6. The summed E-state index contributed by atoms with van der Waals surface area (Å²) < 4.78 is 18.9. The van der Waals surface area contributed by atoms with Crippen LogP contribution in [0.3, 0.4) is 0 Å². The third-order valence-electron chi connectivity index (χ3n) is 3.53. The zero-order chi connectivity index (χ0) is 15.5. The van der Waals surface area contributed by atoms with Crippen molar-refractivity contribution in [2.24, 2.45) is 0 Å². The van der Waals surface area contributed by atoms with Crippen LogP contribution in [0.1, 0.15) is 24.2 Å². The highest BCUT2D eigenvalue weighted by atomic mass is 19.1. The second kappa shape index (κ2) is 5.97. The molecule has 1 N–H and O–H groups in total. The number of hydrogen-bond acceptors (Lipinski definition) is 3. The number of fused-ring (bicyclic) bond motifs is 1. The van der Waals surface area contributed by atoms with Crippen molar-refractivity contribution >= 4 is 16.9 Å². The molecule has 0 aliphatic heterocycles. The lowest BCUT2D eigenvalue weighted by Crippen LogP contribution is -2.28. The van der Waals surface area contributed by atoms with E-state index in [9.17, 15) is 9.18 Å². The molecule has 0 unspecified atom stereocenters. The second-order valence-corrected chi connectivity index (χ2v) is 5.11. The molecule has 0 saturated heterocycles. The zero-order valence-corrected chi connectivity index (χ0v) is 12.0. The maximum absolute atomic E-state index is 13.7. The van der Waals surface area contributed by atoms with Gasteiger partial charge in [-0.25, -0.2) is 4.39 Å². The van der Waals surface area contributed by atoms with E-state index in [1.807, 2.05) is 18.2 Å². The number of hydrogen-bond donors (Lipinski definition) is 1. The summed E-state index contributed by atoms with van der Waals surface area (Å²) >= 11 is 0. The topological polar surface area (TPSA) is 55.1 Å². The number of amides is 1. The highest BCUT2D eigenvalue weighted by Crippen LogP contribution is 2.19. The van der Waals surface area contributed by atoms with Gasteiger partial charge in [-0.2, -0.15) is 0 Å². The van der Waals surface area contributed by atoms with E-state index >= 15 is 0 Å².